The van der Waals surface area contributed by atoms with Crippen LogP contribution in [0, 0.1) is 5.82 Å². The number of carbonyl (C=O) groups excluding carboxylic acids is 2. The summed E-state index contributed by atoms with van der Waals surface area (Å²) in [4.78, 5) is 28.8. The van der Waals surface area contributed by atoms with Crippen molar-refractivity contribution in [2.24, 2.45) is 5.73 Å². The number of benzene rings is 2. The largest absolute Gasteiger partial charge is 0.341 e. The first kappa shape index (κ1) is 19.0. The number of hydrogen-bond donors (Lipinski definition) is 1. The van der Waals surface area contributed by atoms with E-state index in [1.165, 1.54) is 12.1 Å². The van der Waals surface area contributed by atoms with Crippen LogP contribution in [0.15, 0.2) is 48.5 Å². The van der Waals surface area contributed by atoms with E-state index in [-0.39, 0.29) is 24.1 Å². The van der Waals surface area contributed by atoms with E-state index in [1.54, 1.807) is 34.1 Å². The zero-order chi connectivity index (χ0) is 19.2. The summed E-state index contributed by atoms with van der Waals surface area (Å²) in [6.45, 7) is 2.64. The molecule has 1 heterocycles. The Morgan fingerprint density at radius 3 is 2.33 bits per heavy atom. The molecule has 0 spiro atoms. The van der Waals surface area contributed by atoms with Crippen LogP contribution >= 0.6 is 0 Å². The van der Waals surface area contributed by atoms with Crippen molar-refractivity contribution in [1.82, 2.24) is 9.80 Å². The lowest BCUT2D eigenvalue weighted by Gasteiger charge is -2.22. The summed E-state index contributed by atoms with van der Waals surface area (Å²) in [5, 5.41) is 0. The molecule has 0 atom stereocenters. The third kappa shape index (κ3) is 4.92. The normalized spacial score (nSPS) is 14.7. The molecule has 0 saturated carbocycles. The van der Waals surface area contributed by atoms with Crippen LogP contribution < -0.4 is 5.73 Å². The Balaban J connectivity index is 1.59. The first-order valence-corrected chi connectivity index (χ1v) is 9.17. The van der Waals surface area contributed by atoms with Crippen molar-refractivity contribution in [3.8, 4) is 0 Å². The maximum atomic E-state index is 13.3. The van der Waals surface area contributed by atoms with E-state index in [1.807, 2.05) is 12.1 Å². The van der Waals surface area contributed by atoms with Gasteiger partial charge in [0.1, 0.15) is 5.82 Å². The molecule has 1 aliphatic rings. The molecule has 142 valence electrons. The SMILES string of the molecule is NCc1ccc(C(=O)N2CCCN(C(=O)Cc3cccc(F)c3)CC2)cc1. The summed E-state index contributed by atoms with van der Waals surface area (Å²) in [7, 11) is 0. The molecule has 5 nitrogen and oxygen atoms in total. The molecule has 1 aliphatic heterocycles. The molecule has 1 saturated heterocycles. The number of halogens is 1. The van der Waals surface area contributed by atoms with E-state index in [2.05, 4.69) is 0 Å². The van der Waals surface area contributed by atoms with Gasteiger partial charge in [-0.15, -0.1) is 0 Å². The zero-order valence-corrected chi connectivity index (χ0v) is 15.2. The summed E-state index contributed by atoms with van der Waals surface area (Å²) in [5.74, 6) is -0.409. The quantitative estimate of drug-likeness (QED) is 0.899. The van der Waals surface area contributed by atoms with Crippen LogP contribution in [0.2, 0.25) is 0 Å². The Hall–Kier alpha value is -2.73. The van der Waals surface area contributed by atoms with Gasteiger partial charge in [-0.1, -0.05) is 24.3 Å². The van der Waals surface area contributed by atoms with Gasteiger partial charge in [0.25, 0.3) is 5.91 Å². The monoisotopic (exact) mass is 369 g/mol. The van der Waals surface area contributed by atoms with Crippen LogP contribution in [-0.4, -0.2) is 47.8 Å². The highest BCUT2D eigenvalue weighted by Crippen LogP contribution is 2.12. The third-order valence-corrected chi connectivity index (χ3v) is 4.82. The maximum absolute atomic E-state index is 13.3. The Morgan fingerprint density at radius 2 is 1.63 bits per heavy atom. The standard InChI is InChI=1S/C21H24FN3O2/c22-19-4-1-3-17(13-19)14-20(26)24-9-2-10-25(12-11-24)21(27)18-7-5-16(15-23)6-8-18/h1,3-8,13H,2,9-12,14-15,23H2. The van der Waals surface area contributed by atoms with E-state index in [4.69, 9.17) is 5.73 Å². The highest BCUT2D eigenvalue weighted by molar-refractivity contribution is 5.94. The van der Waals surface area contributed by atoms with Gasteiger partial charge in [0, 0.05) is 38.3 Å². The first-order valence-electron chi connectivity index (χ1n) is 9.17. The molecule has 6 heteroatoms. The Kier molecular flexibility index (Phi) is 6.19. The van der Waals surface area contributed by atoms with E-state index < -0.39 is 0 Å². The smallest absolute Gasteiger partial charge is 0.253 e. The van der Waals surface area contributed by atoms with Crippen molar-refractivity contribution >= 4 is 11.8 Å². The van der Waals surface area contributed by atoms with Gasteiger partial charge >= 0.3 is 0 Å². The van der Waals surface area contributed by atoms with E-state index in [9.17, 15) is 14.0 Å². The fourth-order valence-electron chi connectivity index (χ4n) is 3.27. The molecule has 2 amide bonds. The fraction of sp³-hybridized carbons (Fsp3) is 0.333. The highest BCUT2D eigenvalue weighted by atomic mass is 19.1. The second-order valence-electron chi connectivity index (χ2n) is 6.73. The summed E-state index contributed by atoms with van der Waals surface area (Å²) < 4.78 is 13.3. The predicted molar refractivity (Wildman–Crippen MR) is 102 cm³/mol. The number of amides is 2. The minimum absolute atomic E-state index is 0.0296. The lowest BCUT2D eigenvalue weighted by atomic mass is 10.1. The van der Waals surface area contributed by atoms with Gasteiger partial charge in [0.05, 0.1) is 6.42 Å². The number of nitrogens with two attached hydrogens (primary N) is 1. The van der Waals surface area contributed by atoms with Gasteiger partial charge < -0.3 is 15.5 Å². The molecular formula is C21H24FN3O2. The third-order valence-electron chi connectivity index (χ3n) is 4.82. The molecule has 2 aromatic rings. The Morgan fingerprint density at radius 1 is 0.926 bits per heavy atom. The molecule has 0 aromatic heterocycles. The molecule has 2 N–H and O–H groups in total. The lowest BCUT2D eigenvalue weighted by molar-refractivity contribution is -0.130. The number of hydrogen-bond acceptors (Lipinski definition) is 3. The number of nitrogens with zero attached hydrogens (tertiary/aromatic N) is 2. The van der Waals surface area contributed by atoms with Gasteiger partial charge in [0.15, 0.2) is 0 Å². The van der Waals surface area contributed by atoms with Crippen LogP contribution in [0.5, 0.6) is 0 Å². The van der Waals surface area contributed by atoms with Crippen LogP contribution in [0.4, 0.5) is 4.39 Å². The van der Waals surface area contributed by atoms with Crippen molar-refractivity contribution in [2.45, 2.75) is 19.4 Å². The molecule has 0 unspecified atom stereocenters. The molecule has 1 fully saturated rings. The van der Waals surface area contributed by atoms with Crippen LogP contribution in [0.25, 0.3) is 0 Å². The minimum Gasteiger partial charge on any atom is -0.341 e. The molecule has 2 aromatic carbocycles. The summed E-state index contributed by atoms with van der Waals surface area (Å²) >= 11 is 0. The lowest BCUT2D eigenvalue weighted by Crippen LogP contribution is -2.38. The van der Waals surface area contributed by atoms with E-state index in [0.717, 1.165) is 12.0 Å². The molecule has 0 radical (unpaired) electrons. The van der Waals surface area contributed by atoms with E-state index in [0.29, 0.717) is 43.9 Å². The summed E-state index contributed by atoms with van der Waals surface area (Å²) in [6, 6.07) is 13.4. The molecule has 27 heavy (non-hydrogen) atoms. The second-order valence-corrected chi connectivity index (χ2v) is 6.73. The number of rotatable bonds is 4. The second kappa shape index (κ2) is 8.77. The van der Waals surface area contributed by atoms with Gasteiger partial charge in [-0.25, -0.2) is 4.39 Å². The van der Waals surface area contributed by atoms with Crippen molar-refractivity contribution in [3.05, 3.63) is 71.0 Å². The van der Waals surface area contributed by atoms with Gasteiger partial charge in [0.2, 0.25) is 5.91 Å². The van der Waals surface area contributed by atoms with Crippen molar-refractivity contribution < 1.29 is 14.0 Å². The van der Waals surface area contributed by atoms with Crippen molar-refractivity contribution in [2.75, 3.05) is 26.2 Å². The predicted octanol–water partition coefficient (Wildman–Crippen LogP) is 2.20. The summed E-state index contributed by atoms with van der Waals surface area (Å²) in [5.41, 5.74) is 7.87. The number of carbonyl (C=O) groups is 2. The molecular weight excluding hydrogens is 345 g/mol. The summed E-state index contributed by atoms with van der Waals surface area (Å²) in [6.07, 6.45) is 0.897. The van der Waals surface area contributed by atoms with Crippen molar-refractivity contribution in [1.29, 1.82) is 0 Å². The molecule has 3 rings (SSSR count). The van der Waals surface area contributed by atoms with Crippen LogP contribution in [0.3, 0.4) is 0 Å². The molecule has 0 aliphatic carbocycles. The first-order chi connectivity index (χ1) is 13.1. The van der Waals surface area contributed by atoms with Gasteiger partial charge in [-0.3, -0.25) is 9.59 Å². The highest BCUT2D eigenvalue weighted by Gasteiger charge is 2.23. The average Bonchev–Trinajstić information content (AvgIpc) is 2.94. The topological polar surface area (TPSA) is 66.6 Å². The Labute approximate surface area is 158 Å². The minimum atomic E-state index is -0.339. The van der Waals surface area contributed by atoms with Crippen LogP contribution in [-0.2, 0) is 17.8 Å². The van der Waals surface area contributed by atoms with Gasteiger partial charge in [-0.05, 0) is 41.8 Å². The van der Waals surface area contributed by atoms with Gasteiger partial charge in [-0.2, -0.15) is 0 Å². The van der Waals surface area contributed by atoms with Crippen molar-refractivity contribution in [3.63, 3.8) is 0 Å². The maximum Gasteiger partial charge on any atom is 0.253 e. The average molecular weight is 369 g/mol. The van der Waals surface area contributed by atoms with Crippen LogP contribution in [0.1, 0.15) is 27.9 Å². The fourth-order valence-corrected chi connectivity index (χ4v) is 3.27. The Bertz CT molecular complexity index is 807. The molecule has 0 bridgehead atoms. The van der Waals surface area contributed by atoms with E-state index >= 15 is 0 Å². The zero-order valence-electron chi connectivity index (χ0n) is 15.2.